The van der Waals surface area contributed by atoms with E-state index in [1.54, 1.807) is 0 Å². The van der Waals surface area contributed by atoms with Crippen LogP contribution >= 0.6 is 0 Å². The van der Waals surface area contributed by atoms with Crippen LogP contribution < -0.4 is 0 Å². The minimum atomic E-state index is 0.886. The molecule has 114 valence electrons. The first kappa shape index (κ1) is 15.0. The Bertz CT molecular complexity index is 831. The first-order chi connectivity index (χ1) is 11.2. The van der Waals surface area contributed by atoms with Crippen molar-refractivity contribution in [1.82, 2.24) is 9.97 Å². The van der Waals surface area contributed by atoms with E-state index in [2.05, 4.69) is 77.7 Å². The minimum absolute atomic E-state index is 0.886. The molecule has 0 aromatic carbocycles. The zero-order valence-electron chi connectivity index (χ0n) is 13.5. The van der Waals surface area contributed by atoms with Crippen molar-refractivity contribution >= 4 is 5.57 Å². The number of hydrogen-bond donors (Lipinski definition) is 1. The molecule has 1 heterocycles. The summed E-state index contributed by atoms with van der Waals surface area (Å²) in [6, 6.07) is 0. The number of aromatic nitrogens is 2. The van der Waals surface area contributed by atoms with E-state index in [9.17, 15) is 0 Å². The molecule has 0 fully saturated rings. The van der Waals surface area contributed by atoms with Gasteiger partial charge in [-0.15, -0.1) is 0 Å². The molecule has 0 saturated heterocycles. The predicted octanol–water partition coefficient (Wildman–Crippen LogP) is 5.15. The monoisotopic (exact) mass is 300 g/mol. The molecule has 23 heavy (non-hydrogen) atoms. The van der Waals surface area contributed by atoms with Gasteiger partial charge in [0.1, 0.15) is 5.82 Å². The Kier molecular flexibility index (Phi) is 4.53. The van der Waals surface area contributed by atoms with E-state index >= 15 is 0 Å². The molecule has 1 aromatic heterocycles. The average molecular weight is 300 g/mol. The SMILES string of the molecule is CC1=CC2=CC=CC=CC(c3ncc(C)[nH]3)=CC2=CC=CC=C1. The minimum Gasteiger partial charge on any atom is -0.342 e. The Balaban J connectivity index is 2.14. The van der Waals surface area contributed by atoms with Gasteiger partial charge in [0.15, 0.2) is 0 Å². The number of H-pyrrole nitrogens is 1. The van der Waals surface area contributed by atoms with E-state index in [0.717, 1.165) is 22.7 Å². The summed E-state index contributed by atoms with van der Waals surface area (Å²) < 4.78 is 0. The molecular formula is C21H20N2. The Hall–Kier alpha value is -2.87. The van der Waals surface area contributed by atoms with E-state index in [1.165, 1.54) is 11.1 Å². The van der Waals surface area contributed by atoms with Crippen LogP contribution in [0.1, 0.15) is 18.4 Å². The Labute approximate surface area is 137 Å². The number of nitrogens with one attached hydrogen (secondary N) is 1. The lowest BCUT2D eigenvalue weighted by Gasteiger charge is -2.06. The highest BCUT2D eigenvalue weighted by Gasteiger charge is 2.07. The molecule has 0 bridgehead atoms. The maximum Gasteiger partial charge on any atom is 0.137 e. The first-order valence-electron chi connectivity index (χ1n) is 7.75. The molecule has 1 N–H and O–H groups in total. The summed E-state index contributed by atoms with van der Waals surface area (Å²) in [5.74, 6) is 0.886. The third kappa shape index (κ3) is 3.86. The van der Waals surface area contributed by atoms with Crippen LogP contribution in [0.4, 0.5) is 0 Å². The van der Waals surface area contributed by atoms with E-state index in [-0.39, 0.29) is 0 Å². The van der Waals surface area contributed by atoms with Crippen molar-refractivity contribution < 1.29 is 0 Å². The topological polar surface area (TPSA) is 28.7 Å². The fraction of sp³-hybridized carbons (Fsp3) is 0.0952. The second-order valence-electron chi connectivity index (χ2n) is 5.63. The molecule has 2 nitrogen and oxygen atoms in total. The van der Waals surface area contributed by atoms with Gasteiger partial charge in [0.2, 0.25) is 0 Å². The molecule has 0 radical (unpaired) electrons. The van der Waals surface area contributed by atoms with Crippen LogP contribution in [0, 0.1) is 6.92 Å². The van der Waals surface area contributed by atoms with Crippen LogP contribution in [-0.2, 0) is 0 Å². The summed E-state index contributed by atoms with van der Waals surface area (Å²) in [6.45, 7) is 4.13. The number of imidazole rings is 1. The molecular weight excluding hydrogens is 280 g/mol. The van der Waals surface area contributed by atoms with E-state index in [4.69, 9.17) is 0 Å². The smallest absolute Gasteiger partial charge is 0.137 e. The van der Waals surface area contributed by atoms with Crippen LogP contribution in [0.3, 0.4) is 0 Å². The van der Waals surface area contributed by atoms with Crippen LogP contribution in [0.25, 0.3) is 5.57 Å². The van der Waals surface area contributed by atoms with Crippen LogP contribution in [0.2, 0.25) is 0 Å². The van der Waals surface area contributed by atoms with Gasteiger partial charge >= 0.3 is 0 Å². The molecule has 1 aromatic rings. The zero-order valence-corrected chi connectivity index (χ0v) is 13.5. The molecule has 0 saturated carbocycles. The molecule has 0 spiro atoms. The fourth-order valence-corrected chi connectivity index (χ4v) is 2.48. The summed E-state index contributed by atoms with van der Waals surface area (Å²) in [5, 5.41) is 0. The predicted molar refractivity (Wildman–Crippen MR) is 97.8 cm³/mol. The van der Waals surface area contributed by atoms with Gasteiger partial charge in [0.25, 0.3) is 0 Å². The van der Waals surface area contributed by atoms with Gasteiger partial charge in [-0.25, -0.2) is 4.98 Å². The second-order valence-corrected chi connectivity index (χ2v) is 5.63. The highest BCUT2D eigenvalue weighted by atomic mass is 14.9. The van der Waals surface area contributed by atoms with Crippen molar-refractivity contribution in [3.05, 3.63) is 107 Å². The van der Waals surface area contributed by atoms with Crippen LogP contribution in [0.15, 0.2) is 95.8 Å². The third-order valence-electron chi connectivity index (χ3n) is 3.63. The standard InChI is InChI=1S/C21H20N2/c1-16-9-5-3-6-11-19-14-20(21-22-15-17(2)23-21)12-8-4-7-10-18(19)13-16/h3-15H,1-2H3,(H,22,23). The molecule has 2 heteroatoms. The van der Waals surface area contributed by atoms with Crippen LogP contribution in [-0.4, -0.2) is 9.97 Å². The molecule has 0 amide bonds. The summed E-state index contributed by atoms with van der Waals surface area (Å²) in [7, 11) is 0. The summed E-state index contributed by atoms with van der Waals surface area (Å²) >= 11 is 0. The molecule has 2 aliphatic carbocycles. The van der Waals surface area contributed by atoms with Crippen molar-refractivity contribution in [3.63, 3.8) is 0 Å². The lowest BCUT2D eigenvalue weighted by molar-refractivity contribution is 1.21. The lowest BCUT2D eigenvalue weighted by atomic mass is 10.00. The normalized spacial score (nSPS) is 17.5. The number of aryl methyl sites for hydroxylation is 1. The number of aromatic amines is 1. The molecule has 0 aliphatic heterocycles. The van der Waals surface area contributed by atoms with E-state index in [1.807, 2.05) is 25.3 Å². The van der Waals surface area contributed by atoms with E-state index < -0.39 is 0 Å². The summed E-state index contributed by atoms with van der Waals surface area (Å²) in [4.78, 5) is 7.78. The van der Waals surface area contributed by atoms with Gasteiger partial charge in [-0.05, 0) is 31.1 Å². The Morgan fingerprint density at radius 3 is 2.13 bits per heavy atom. The maximum absolute atomic E-state index is 4.46. The number of allylic oxidation sites excluding steroid dienone is 16. The lowest BCUT2D eigenvalue weighted by Crippen LogP contribution is -1.89. The molecule has 0 unspecified atom stereocenters. The van der Waals surface area contributed by atoms with Gasteiger partial charge in [-0.1, -0.05) is 72.4 Å². The van der Waals surface area contributed by atoms with Crippen molar-refractivity contribution in [2.45, 2.75) is 13.8 Å². The largest absolute Gasteiger partial charge is 0.342 e. The van der Waals surface area contributed by atoms with Crippen molar-refractivity contribution in [2.75, 3.05) is 0 Å². The zero-order chi connectivity index (χ0) is 16.1. The van der Waals surface area contributed by atoms with Gasteiger partial charge in [0, 0.05) is 17.5 Å². The van der Waals surface area contributed by atoms with Gasteiger partial charge < -0.3 is 4.98 Å². The number of hydrogen-bond acceptors (Lipinski definition) is 1. The quantitative estimate of drug-likeness (QED) is 0.763. The Morgan fingerprint density at radius 1 is 0.739 bits per heavy atom. The van der Waals surface area contributed by atoms with Crippen molar-refractivity contribution in [3.8, 4) is 0 Å². The number of fused-ring (bicyclic) bond motifs is 1. The van der Waals surface area contributed by atoms with Crippen molar-refractivity contribution in [2.24, 2.45) is 0 Å². The second kappa shape index (κ2) is 6.93. The van der Waals surface area contributed by atoms with E-state index in [0.29, 0.717) is 0 Å². The number of rotatable bonds is 1. The fourth-order valence-electron chi connectivity index (χ4n) is 2.48. The molecule has 0 atom stereocenters. The summed E-state index contributed by atoms with van der Waals surface area (Å²) in [5.41, 5.74) is 5.68. The van der Waals surface area contributed by atoms with Gasteiger partial charge in [-0.2, -0.15) is 0 Å². The van der Waals surface area contributed by atoms with Crippen LogP contribution in [0.5, 0.6) is 0 Å². The van der Waals surface area contributed by atoms with Gasteiger partial charge in [-0.3, -0.25) is 0 Å². The van der Waals surface area contributed by atoms with Crippen molar-refractivity contribution in [1.29, 1.82) is 0 Å². The highest BCUT2D eigenvalue weighted by molar-refractivity contribution is 5.75. The maximum atomic E-state index is 4.46. The Morgan fingerprint density at radius 2 is 1.43 bits per heavy atom. The molecule has 2 aliphatic rings. The molecule has 3 rings (SSSR count). The average Bonchev–Trinajstić information content (AvgIpc) is 3.00. The third-order valence-corrected chi connectivity index (χ3v) is 3.63. The summed E-state index contributed by atoms with van der Waals surface area (Å²) in [6.07, 6.45) is 27.0. The highest BCUT2D eigenvalue weighted by Crippen LogP contribution is 2.24. The van der Waals surface area contributed by atoms with Gasteiger partial charge in [0.05, 0.1) is 0 Å². The number of nitrogens with zero attached hydrogens (tertiary/aromatic N) is 1. The first-order valence-corrected chi connectivity index (χ1v) is 7.75.